The molecule has 0 aliphatic carbocycles. The molecule has 0 saturated heterocycles. The number of halogens is 1. The number of hydrogen-bond acceptors (Lipinski definition) is 1. The summed E-state index contributed by atoms with van der Waals surface area (Å²) < 4.78 is 12.4. The molecule has 1 nitrogen and oxygen atoms in total. The van der Waals surface area contributed by atoms with Gasteiger partial charge in [0.1, 0.15) is 5.83 Å². The molecule has 0 amide bonds. The monoisotopic (exact) mass is 139 g/mol. The Bertz CT molecular complexity index is 196. The zero-order valence-corrected chi connectivity index (χ0v) is 6.19. The smallest absolute Gasteiger partial charge is 0.119 e. The van der Waals surface area contributed by atoms with Gasteiger partial charge in [-0.05, 0) is 19.4 Å². The minimum absolute atomic E-state index is 0.349. The lowest BCUT2D eigenvalue weighted by Gasteiger charge is -1.87. The summed E-state index contributed by atoms with van der Waals surface area (Å²) in [5.74, 6) is -0.349. The van der Waals surface area contributed by atoms with E-state index in [1.807, 2.05) is 13.0 Å². The minimum atomic E-state index is -0.349. The number of rotatable bonds is 2. The predicted molar refractivity (Wildman–Crippen MR) is 38.9 cm³/mol. The van der Waals surface area contributed by atoms with Crippen LogP contribution in [0.25, 0.3) is 0 Å². The van der Waals surface area contributed by atoms with Crippen molar-refractivity contribution >= 4 is 0 Å². The van der Waals surface area contributed by atoms with Crippen molar-refractivity contribution in [2.75, 3.05) is 0 Å². The first-order valence-corrected chi connectivity index (χ1v) is 3.17. The minimum Gasteiger partial charge on any atom is -0.207 e. The maximum atomic E-state index is 12.4. The number of nitriles is 1. The molecule has 0 rings (SSSR count). The molecule has 0 bridgehead atoms. The number of hydrogen-bond donors (Lipinski definition) is 0. The van der Waals surface area contributed by atoms with Gasteiger partial charge in [-0.15, -0.1) is 0 Å². The second kappa shape index (κ2) is 4.75. The molecule has 0 saturated carbocycles. The van der Waals surface area contributed by atoms with Crippen molar-refractivity contribution in [1.29, 1.82) is 5.26 Å². The largest absolute Gasteiger partial charge is 0.207 e. The van der Waals surface area contributed by atoms with Crippen LogP contribution in [0.4, 0.5) is 4.39 Å². The third kappa shape index (κ3) is 3.03. The van der Waals surface area contributed by atoms with Crippen molar-refractivity contribution in [3.05, 3.63) is 23.6 Å². The van der Waals surface area contributed by atoms with Crippen LogP contribution in [0, 0.1) is 11.3 Å². The fourth-order valence-electron chi connectivity index (χ4n) is 0.463. The number of allylic oxidation sites excluding steroid dienone is 4. The summed E-state index contributed by atoms with van der Waals surface area (Å²) in [6, 6.07) is 1.90. The normalized spacial score (nSPS) is 13.0. The lowest BCUT2D eigenvalue weighted by Crippen LogP contribution is -1.74. The van der Waals surface area contributed by atoms with E-state index >= 15 is 0 Å². The molecule has 2 heteroatoms. The van der Waals surface area contributed by atoms with Gasteiger partial charge in [0.05, 0.1) is 6.07 Å². The van der Waals surface area contributed by atoms with Crippen molar-refractivity contribution in [1.82, 2.24) is 0 Å². The summed E-state index contributed by atoms with van der Waals surface area (Å²) >= 11 is 0. The molecule has 0 fully saturated rings. The van der Waals surface area contributed by atoms with Crippen LogP contribution in [0.3, 0.4) is 0 Å². The van der Waals surface area contributed by atoms with Gasteiger partial charge in [0.15, 0.2) is 0 Å². The van der Waals surface area contributed by atoms with Gasteiger partial charge >= 0.3 is 0 Å². The average Bonchev–Trinajstić information content (AvgIpc) is 1.99. The van der Waals surface area contributed by atoms with Crippen LogP contribution < -0.4 is 0 Å². The first-order chi connectivity index (χ1) is 4.74. The van der Waals surface area contributed by atoms with Crippen LogP contribution in [0.2, 0.25) is 0 Å². The van der Waals surface area contributed by atoms with Gasteiger partial charge in [0.25, 0.3) is 0 Å². The molecular formula is C8H10FN. The maximum absolute atomic E-state index is 12.4. The third-order valence-electron chi connectivity index (χ3n) is 1.11. The topological polar surface area (TPSA) is 23.8 Å². The fourth-order valence-corrected chi connectivity index (χ4v) is 0.463. The fraction of sp³-hybridized carbons (Fsp3) is 0.375. The Morgan fingerprint density at radius 2 is 2.30 bits per heavy atom. The van der Waals surface area contributed by atoms with Gasteiger partial charge < -0.3 is 0 Å². The number of nitrogens with zero attached hydrogens (tertiary/aromatic N) is 1. The maximum Gasteiger partial charge on any atom is 0.119 e. The highest BCUT2D eigenvalue weighted by atomic mass is 19.1. The molecule has 0 N–H and O–H groups in total. The molecule has 0 aliphatic heterocycles. The lowest BCUT2D eigenvalue weighted by atomic mass is 10.2. The van der Waals surface area contributed by atoms with E-state index in [-0.39, 0.29) is 5.83 Å². The third-order valence-corrected chi connectivity index (χ3v) is 1.11. The first-order valence-electron chi connectivity index (χ1n) is 3.17. The van der Waals surface area contributed by atoms with Gasteiger partial charge in [0.2, 0.25) is 0 Å². The highest BCUT2D eigenvalue weighted by Gasteiger charge is 1.91. The Balaban J connectivity index is 4.29. The SMILES string of the molecule is C/C=C(F)\C=C(\C#N)CC. The lowest BCUT2D eigenvalue weighted by molar-refractivity contribution is 0.663. The summed E-state index contributed by atoms with van der Waals surface area (Å²) in [5, 5.41) is 8.36. The van der Waals surface area contributed by atoms with E-state index in [0.717, 1.165) is 0 Å². The Hall–Kier alpha value is -1.10. The van der Waals surface area contributed by atoms with Crippen molar-refractivity contribution in [3.8, 4) is 6.07 Å². The summed E-state index contributed by atoms with van der Waals surface area (Å²) in [5.41, 5.74) is 0.468. The van der Waals surface area contributed by atoms with Crippen molar-refractivity contribution < 1.29 is 4.39 Å². The van der Waals surface area contributed by atoms with Gasteiger partial charge in [-0.25, -0.2) is 4.39 Å². The zero-order valence-electron chi connectivity index (χ0n) is 6.19. The quantitative estimate of drug-likeness (QED) is 0.426. The van der Waals surface area contributed by atoms with E-state index in [4.69, 9.17) is 5.26 Å². The van der Waals surface area contributed by atoms with E-state index < -0.39 is 0 Å². The highest BCUT2D eigenvalue weighted by Crippen LogP contribution is 2.05. The van der Waals surface area contributed by atoms with Gasteiger partial charge in [0, 0.05) is 5.57 Å². The molecule has 0 spiro atoms. The van der Waals surface area contributed by atoms with E-state index in [0.29, 0.717) is 12.0 Å². The molecule has 0 aromatic carbocycles. The Morgan fingerprint density at radius 3 is 2.60 bits per heavy atom. The van der Waals surface area contributed by atoms with Crippen LogP contribution in [0.15, 0.2) is 23.6 Å². The molecule has 0 aromatic rings. The summed E-state index contributed by atoms with van der Waals surface area (Å²) in [6.45, 7) is 3.41. The first kappa shape index (κ1) is 8.90. The van der Waals surface area contributed by atoms with Gasteiger partial charge in [-0.3, -0.25) is 0 Å². The average molecular weight is 139 g/mol. The molecule has 0 aromatic heterocycles. The molecule has 0 atom stereocenters. The van der Waals surface area contributed by atoms with Crippen LogP contribution in [-0.4, -0.2) is 0 Å². The van der Waals surface area contributed by atoms with E-state index in [9.17, 15) is 4.39 Å². The van der Waals surface area contributed by atoms with Crippen molar-refractivity contribution in [2.45, 2.75) is 20.3 Å². The van der Waals surface area contributed by atoms with Crippen LogP contribution >= 0.6 is 0 Å². The summed E-state index contributed by atoms with van der Waals surface area (Å²) in [6.07, 6.45) is 3.16. The zero-order chi connectivity index (χ0) is 7.98. The highest BCUT2D eigenvalue weighted by molar-refractivity contribution is 5.27. The molecule has 0 radical (unpaired) electrons. The van der Waals surface area contributed by atoms with Gasteiger partial charge in [-0.2, -0.15) is 5.26 Å². The van der Waals surface area contributed by atoms with E-state index in [1.165, 1.54) is 12.2 Å². The predicted octanol–water partition coefficient (Wildman–Crippen LogP) is 2.72. The van der Waals surface area contributed by atoms with E-state index in [2.05, 4.69) is 0 Å². The van der Waals surface area contributed by atoms with E-state index in [1.54, 1.807) is 6.92 Å². The van der Waals surface area contributed by atoms with Gasteiger partial charge in [-0.1, -0.05) is 13.0 Å². The molecule has 54 valence electrons. The van der Waals surface area contributed by atoms with Crippen LogP contribution in [0.1, 0.15) is 20.3 Å². The molecular weight excluding hydrogens is 129 g/mol. The summed E-state index contributed by atoms with van der Waals surface area (Å²) in [4.78, 5) is 0. The Kier molecular flexibility index (Phi) is 4.23. The Morgan fingerprint density at radius 1 is 1.70 bits per heavy atom. The Labute approximate surface area is 60.5 Å². The standard InChI is InChI=1S/C8H10FN/c1-3-7(6-10)5-8(9)4-2/h4-5H,3H2,1-2H3/b7-5+,8-4+. The second-order valence-corrected chi connectivity index (χ2v) is 1.81. The molecule has 0 aliphatic rings. The molecule has 0 heterocycles. The molecule has 0 unspecified atom stereocenters. The summed E-state index contributed by atoms with van der Waals surface area (Å²) in [7, 11) is 0. The van der Waals surface area contributed by atoms with Crippen molar-refractivity contribution in [2.24, 2.45) is 0 Å². The van der Waals surface area contributed by atoms with Crippen LogP contribution in [-0.2, 0) is 0 Å². The second-order valence-electron chi connectivity index (χ2n) is 1.81. The van der Waals surface area contributed by atoms with Crippen molar-refractivity contribution in [3.63, 3.8) is 0 Å². The van der Waals surface area contributed by atoms with Crippen LogP contribution in [0.5, 0.6) is 0 Å². The molecule has 10 heavy (non-hydrogen) atoms.